The van der Waals surface area contributed by atoms with Gasteiger partial charge in [0.15, 0.2) is 16.6 Å². The summed E-state index contributed by atoms with van der Waals surface area (Å²) >= 11 is 1.21. The number of fused-ring (bicyclic) bond motifs is 1. The molecular weight excluding hydrogens is 305 g/mol. The van der Waals surface area contributed by atoms with Crippen LogP contribution >= 0.6 is 11.8 Å². The molecule has 8 heteroatoms. The Hall–Kier alpha value is -2.48. The van der Waals surface area contributed by atoms with Crippen molar-refractivity contribution in [2.24, 2.45) is 0 Å². The summed E-state index contributed by atoms with van der Waals surface area (Å²) in [7, 11) is 0. The first-order chi connectivity index (χ1) is 10.5. The summed E-state index contributed by atoms with van der Waals surface area (Å²) < 4.78 is 14.4. The zero-order valence-electron chi connectivity index (χ0n) is 11.7. The Balaban J connectivity index is 1.79. The van der Waals surface area contributed by atoms with Gasteiger partial charge in [-0.3, -0.25) is 4.79 Å². The molecule has 22 heavy (non-hydrogen) atoms. The van der Waals surface area contributed by atoms with E-state index in [-0.39, 0.29) is 23.3 Å². The standard InChI is InChI=1S/C14H12FN5OS/c1-8-6-12-18-19-14(20(12)13(16)17-8)22-7-11(21)9-2-4-10(15)5-3-9/h2-6H,7H2,1H3,(H2,16,17). The van der Waals surface area contributed by atoms with E-state index in [1.54, 1.807) is 10.5 Å². The second-order valence-corrected chi connectivity index (χ2v) is 5.59. The molecular formula is C14H12FN5OS. The summed E-state index contributed by atoms with van der Waals surface area (Å²) in [5.41, 5.74) is 7.65. The van der Waals surface area contributed by atoms with Crippen LogP contribution < -0.4 is 5.73 Å². The van der Waals surface area contributed by atoms with Gasteiger partial charge in [-0.15, -0.1) is 10.2 Å². The van der Waals surface area contributed by atoms with E-state index in [9.17, 15) is 9.18 Å². The lowest BCUT2D eigenvalue weighted by Gasteiger charge is -2.03. The number of halogens is 1. The number of aromatic nitrogens is 4. The summed E-state index contributed by atoms with van der Waals surface area (Å²) in [5, 5.41) is 8.53. The van der Waals surface area contributed by atoms with Crippen molar-refractivity contribution < 1.29 is 9.18 Å². The minimum absolute atomic E-state index is 0.125. The van der Waals surface area contributed by atoms with E-state index in [0.29, 0.717) is 16.4 Å². The average molecular weight is 317 g/mol. The van der Waals surface area contributed by atoms with E-state index >= 15 is 0 Å². The van der Waals surface area contributed by atoms with Gasteiger partial charge < -0.3 is 5.73 Å². The molecule has 2 aromatic heterocycles. The number of hydrogen-bond acceptors (Lipinski definition) is 6. The highest BCUT2D eigenvalue weighted by molar-refractivity contribution is 7.99. The number of hydrogen-bond donors (Lipinski definition) is 1. The fraction of sp³-hybridized carbons (Fsp3) is 0.143. The third-order valence-corrected chi connectivity index (χ3v) is 3.94. The summed E-state index contributed by atoms with van der Waals surface area (Å²) in [5.74, 6) is -0.0706. The molecule has 3 aromatic rings. The number of aryl methyl sites for hydroxylation is 1. The number of ketones is 1. The molecule has 0 fully saturated rings. The fourth-order valence-electron chi connectivity index (χ4n) is 1.98. The molecule has 112 valence electrons. The largest absolute Gasteiger partial charge is 0.369 e. The van der Waals surface area contributed by atoms with Gasteiger partial charge in [0.05, 0.1) is 5.75 Å². The highest BCUT2D eigenvalue weighted by atomic mass is 32.2. The number of nitrogens with two attached hydrogens (primary N) is 1. The first-order valence-electron chi connectivity index (χ1n) is 6.44. The first-order valence-corrected chi connectivity index (χ1v) is 7.43. The summed E-state index contributed by atoms with van der Waals surface area (Å²) in [6.07, 6.45) is 0. The van der Waals surface area contributed by atoms with Gasteiger partial charge in [0.2, 0.25) is 5.95 Å². The Bertz CT molecular complexity index is 846. The van der Waals surface area contributed by atoms with Crippen molar-refractivity contribution in [3.05, 3.63) is 47.4 Å². The topological polar surface area (TPSA) is 86.2 Å². The maximum Gasteiger partial charge on any atom is 0.208 e. The molecule has 0 bridgehead atoms. The lowest BCUT2D eigenvalue weighted by molar-refractivity contribution is 0.102. The van der Waals surface area contributed by atoms with Crippen LogP contribution in [-0.2, 0) is 0 Å². The van der Waals surface area contributed by atoms with E-state index < -0.39 is 0 Å². The number of benzene rings is 1. The Labute approximate surface area is 129 Å². The zero-order valence-corrected chi connectivity index (χ0v) is 12.5. The molecule has 0 saturated heterocycles. The molecule has 6 nitrogen and oxygen atoms in total. The summed E-state index contributed by atoms with van der Waals surface area (Å²) in [4.78, 5) is 16.2. The lowest BCUT2D eigenvalue weighted by Crippen LogP contribution is -2.05. The predicted molar refractivity (Wildman–Crippen MR) is 81.4 cm³/mol. The van der Waals surface area contributed by atoms with E-state index in [4.69, 9.17) is 5.73 Å². The second-order valence-electron chi connectivity index (χ2n) is 4.65. The molecule has 0 saturated carbocycles. The molecule has 0 aliphatic rings. The third kappa shape index (κ3) is 2.77. The maximum atomic E-state index is 12.9. The van der Waals surface area contributed by atoms with Crippen LogP contribution in [0, 0.1) is 12.7 Å². The molecule has 2 N–H and O–H groups in total. The Morgan fingerprint density at radius 2 is 2.05 bits per heavy atom. The van der Waals surface area contributed by atoms with E-state index in [2.05, 4.69) is 15.2 Å². The number of anilines is 1. The van der Waals surface area contributed by atoms with Gasteiger partial charge >= 0.3 is 0 Å². The van der Waals surface area contributed by atoms with E-state index in [0.717, 1.165) is 5.69 Å². The van der Waals surface area contributed by atoms with Gasteiger partial charge in [-0.1, -0.05) is 11.8 Å². The van der Waals surface area contributed by atoms with Crippen LogP contribution in [0.4, 0.5) is 10.3 Å². The molecule has 2 heterocycles. The van der Waals surface area contributed by atoms with Gasteiger partial charge in [-0.2, -0.15) is 0 Å². The number of nitrogens with zero attached hydrogens (tertiary/aromatic N) is 4. The molecule has 0 spiro atoms. The molecule has 0 aliphatic carbocycles. The van der Waals surface area contributed by atoms with E-state index in [1.807, 2.05) is 6.92 Å². The van der Waals surface area contributed by atoms with Crippen LogP contribution in [0.2, 0.25) is 0 Å². The number of Topliss-reactive ketones (excluding diaryl/α,β-unsaturated/α-hetero) is 1. The first kappa shape index (κ1) is 14.5. The summed E-state index contributed by atoms with van der Waals surface area (Å²) in [6, 6.07) is 7.19. The molecule has 0 unspecified atom stereocenters. The number of nitrogen functional groups attached to an aromatic ring is 1. The van der Waals surface area contributed by atoms with Crippen LogP contribution in [-0.4, -0.2) is 31.1 Å². The SMILES string of the molecule is Cc1cc2nnc(SCC(=O)c3ccc(F)cc3)n2c(N)n1. The van der Waals surface area contributed by atoms with Crippen molar-refractivity contribution in [1.82, 2.24) is 19.6 Å². The Morgan fingerprint density at radius 1 is 1.32 bits per heavy atom. The quantitative estimate of drug-likeness (QED) is 0.586. The molecule has 0 radical (unpaired) electrons. The minimum atomic E-state index is -0.373. The van der Waals surface area contributed by atoms with Crippen LogP contribution in [0.25, 0.3) is 5.65 Å². The van der Waals surface area contributed by atoms with Crippen molar-refractivity contribution in [3.8, 4) is 0 Å². The van der Waals surface area contributed by atoms with Crippen molar-refractivity contribution in [3.63, 3.8) is 0 Å². The number of thioether (sulfide) groups is 1. The molecule has 0 amide bonds. The Kier molecular flexibility index (Phi) is 3.76. The predicted octanol–water partition coefficient (Wildman–Crippen LogP) is 2.13. The monoisotopic (exact) mass is 317 g/mol. The maximum absolute atomic E-state index is 12.9. The Morgan fingerprint density at radius 3 is 2.77 bits per heavy atom. The van der Waals surface area contributed by atoms with Crippen LogP contribution in [0.15, 0.2) is 35.5 Å². The van der Waals surface area contributed by atoms with Gasteiger partial charge in [0, 0.05) is 17.3 Å². The van der Waals surface area contributed by atoms with Gasteiger partial charge in [-0.05, 0) is 31.2 Å². The van der Waals surface area contributed by atoms with Crippen molar-refractivity contribution in [2.75, 3.05) is 11.5 Å². The smallest absolute Gasteiger partial charge is 0.208 e. The molecule has 3 rings (SSSR count). The van der Waals surface area contributed by atoms with Gasteiger partial charge in [0.25, 0.3) is 0 Å². The van der Waals surface area contributed by atoms with Crippen LogP contribution in [0.5, 0.6) is 0 Å². The number of carbonyl (C=O) groups is 1. The van der Waals surface area contributed by atoms with Crippen molar-refractivity contribution >= 4 is 29.1 Å². The highest BCUT2D eigenvalue weighted by Crippen LogP contribution is 2.21. The number of carbonyl (C=O) groups excluding carboxylic acids is 1. The van der Waals surface area contributed by atoms with Crippen molar-refractivity contribution in [2.45, 2.75) is 12.1 Å². The zero-order chi connectivity index (χ0) is 15.7. The normalized spacial score (nSPS) is 11.0. The van der Waals surface area contributed by atoms with Crippen LogP contribution in [0.1, 0.15) is 16.1 Å². The van der Waals surface area contributed by atoms with Gasteiger partial charge in [-0.25, -0.2) is 13.8 Å². The van der Waals surface area contributed by atoms with Crippen LogP contribution in [0.3, 0.4) is 0 Å². The summed E-state index contributed by atoms with van der Waals surface area (Å²) in [6.45, 7) is 1.82. The molecule has 0 atom stereocenters. The van der Waals surface area contributed by atoms with Gasteiger partial charge in [0.1, 0.15) is 5.82 Å². The molecule has 0 aliphatic heterocycles. The molecule has 1 aromatic carbocycles. The lowest BCUT2D eigenvalue weighted by atomic mass is 10.1. The second kappa shape index (κ2) is 5.72. The fourth-order valence-corrected chi connectivity index (χ4v) is 2.82. The van der Waals surface area contributed by atoms with Crippen molar-refractivity contribution in [1.29, 1.82) is 0 Å². The average Bonchev–Trinajstić information content (AvgIpc) is 2.88. The highest BCUT2D eigenvalue weighted by Gasteiger charge is 2.13. The minimum Gasteiger partial charge on any atom is -0.369 e. The van der Waals surface area contributed by atoms with E-state index in [1.165, 1.54) is 36.0 Å². The third-order valence-electron chi connectivity index (χ3n) is 3.01. The number of rotatable bonds is 4.